The van der Waals surface area contributed by atoms with Crippen molar-refractivity contribution in [2.24, 2.45) is 7.05 Å². The van der Waals surface area contributed by atoms with Crippen LogP contribution in [-0.4, -0.2) is 37.3 Å². The summed E-state index contributed by atoms with van der Waals surface area (Å²) in [5.41, 5.74) is 1.43. The van der Waals surface area contributed by atoms with Crippen LogP contribution in [0.2, 0.25) is 5.02 Å². The number of thioether (sulfide) groups is 1. The highest BCUT2D eigenvalue weighted by Gasteiger charge is 2.15. The second-order valence-corrected chi connectivity index (χ2v) is 8.05. The number of nitro benzene ring substituents is 1. The lowest BCUT2D eigenvalue weighted by atomic mass is 10.2. The van der Waals surface area contributed by atoms with Gasteiger partial charge in [-0.05, 0) is 30.7 Å². The molecule has 3 aromatic rings. The molecule has 10 nitrogen and oxygen atoms in total. The number of non-ortho nitro benzene ring substituents is 1. The molecule has 0 radical (unpaired) electrons. The van der Waals surface area contributed by atoms with Gasteiger partial charge in [0, 0.05) is 35.5 Å². The molecule has 1 aromatic heterocycles. The van der Waals surface area contributed by atoms with Crippen molar-refractivity contribution in [3.8, 4) is 0 Å². The summed E-state index contributed by atoms with van der Waals surface area (Å²) in [5, 5.41) is 25.5. The molecule has 0 saturated carbocycles. The number of hydrogen-bond acceptors (Lipinski definition) is 7. The van der Waals surface area contributed by atoms with Crippen molar-refractivity contribution >= 4 is 46.6 Å². The van der Waals surface area contributed by atoms with Gasteiger partial charge in [-0.25, -0.2) is 0 Å². The van der Waals surface area contributed by atoms with Gasteiger partial charge in [-0.15, -0.1) is 10.2 Å². The van der Waals surface area contributed by atoms with Gasteiger partial charge in [-0.3, -0.25) is 19.7 Å². The molecular formula is C20H19ClN6O4S. The van der Waals surface area contributed by atoms with Crippen LogP contribution in [0.1, 0.15) is 21.7 Å². The molecule has 0 unspecified atom stereocenters. The van der Waals surface area contributed by atoms with E-state index in [1.54, 1.807) is 29.8 Å². The van der Waals surface area contributed by atoms with Gasteiger partial charge in [-0.1, -0.05) is 35.5 Å². The molecule has 0 spiro atoms. The van der Waals surface area contributed by atoms with Crippen LogP contribution in [0.25, 0.3) is 0 Å². The quantitative estimate of drug-likeness (QED) is 0.290. The fourth-order valence-corrected chi connectivity index (χ4v) is 3.61. The van der Waals surface area contributed by atoms with Crippen LogP contribution >= 0.6 is 23.4 Å². The number of rotatable bonds is 8. The maximum atomic E-state index is 12.3. The summed E-state index contributed by atoms with van der Waals surface area (Å²) >= 11 is 7.27. The first-order valence-corrected chi connectivity index (χ1v) is 10.7. The van der Waals surface area contributed by atoms with E-state index in [9.17, 15) is 19.7 Å². The van der Waals surface area contributed by atoms with E-state index in [0.29, 0.717) is 21.7 Å². The predicted molar refractivity (Wildman–Crippen MR) is 121 cm³/mol. The lowest BCUT2D eigenvalue weighted by Crippen LogP contribution is -2.24. The molecule has 12 heteroatoms. The second-order valence-electron chi connectivity index (χ2n) is 6.70. The summed E-state index contributed by atoms with van der Waals surface area (Å²) in [6.07, 6.45) is 0. The van der Waals surface area contributed by atoms with Crippen LogP contribution in [0.3, 0.4) is 0 Å². The van der Waals surface area contributed by atoms with Gasteiger partial charge in [-0.2, -0.15) is 0 Å². The smallest absolute Gasteiger partial charge is 0.270 e. The van der Waals surface area contributed by atoms with E-state index in [1.165, 1.54) is 36.0 Å². The summed E-state index contributed by atoms with van der Waals surface area (Å²) in [7, 11) is 1.72. The molecule has 0 aliphatic carbocycles. The molecule has 0 aliphatic heterocycles. The van der Waals surface area contributed by atoms with Gasteiger partial charge >= 0.3 is 0 Å². The van der Waals surface area contributed by atoms with Crippen molar-refractivity contribution < 1.29 is 14.5 Å². The van der Waals surface area contributed by atoms with Gasteiger partial charge < -0.3 is 15.2 Å². The molecule has 3 rings (SSSR count). The minimum atomic E-state index is -0.563. The summed E-state index contributed by atoms with van der Waals surface area (Å²) in [6, 6.07) is 10.7. The minimum absolute atomic E-state index is 0.0689. The molecule has 0 atom stereocenters. The van der Waals surface area contributed by atoms with Gasteiger partial charge in [0.15, 0.2) is 11.0 Å². The Morgan fingerprint density at radius 2 is 1.97 bits per heavy atom. The summed E-state index contributed by atoms with van der Waals surface area (Å²) in [5.74, 6) is -0.110. The molecule has 32 heavy (non-hydrogen) atoms. The molecule has 0 bridgehead atoms. The number of carbonyl (C=O) groups is 2. The van der Waals surface area contributed by atoms with Crippen molar-refractivity contribution in [3.05, 3.63) is 74.6 Å². The fraction of sp³-hybridized carbons (Fsp3) is 0.200. The number of halogens is 1. The van der Waals surface area contributed by atoms with Crippen LogP contribution in [0, 0.1) is 17.0 Å². The molecule has 2 aromatic carbocycles. The third-order valence-corrected chi connectivity index (χ3v) is 5.96. The van der Waals surface area contributed by atoms with Gasteiger partial charge in [0.05, 0.1) is 17.2 Å². The second kappa shape index (κ2) is 10.2. The van der Waals surface area contributed by atoms with E-state index in [0.717, 1.165) is 5.56 Å². The minimum Gasteiger partial charge on any atom is -0.345 e. The average molecular weight is 475 g/mol. The first-order valence-electron chi connectivity index (χ1n) is 9.35. The third kappa shape index (κ3) is 5.62. The lowest BCUT2D eigenvalue weighted by Gasteiger charge is -2.09. The number of benzene rings is 2. The van der Waals surface area contributed by atoms with Crippen LogP contribution < -0.4 is 10.6 Å². The maximum Gasteiger partial charge on any atom is 0.270 e. The topological polar surface area (TPSA) is 132 Å². The molecule has 0 fully saturated rings. The normalized spacial score (nSPS) is 10.6. The van der Waals surface area contributed by atoms with E-state index in [-0.39, 0.29) is 29.5 Å². The number of amides is 2. The Kier molecular flexibility index (Phi) is 7.44. The van der Waals surface area contributed by atoms with Crippen molar-refractivity contribution in [1.82, 2.24) is 20.1 Å². The van der Waals surface area contributed by atoms with Crippen molar-refractivity contribution in [3.63, 3.8) is 0 Å². The van der Waals surface area contributed by atoms with Crippen molar-refractivity contribution in [1.29, 1.82) is 0 Å². The van der Waals surface area contributed by atoms with Crippen molar-refractivity contribution in [2.45, 2.75) is 18.6 Å². The Balaban J connectivity index is 1.55. The number of anilines is 1. The number of hydrogen-bond donors (Lipinski definition) is 2. The summed E-state index contributed by atoms with van der Waals surface area (Å²) in [4.78, 5) is 34.9. The van der Waals surface area contributed by atoms with E-state index < -0.39 is 10.8 Å². The maximum absolute atomic E-state index is 12.3. The molecule has 0 saturated heterocycles. The third-order valence-electron chi connectivity index (χ3n) is 4.53. The molecular weight excluding hydrogens is 456 g/mol. The van der Waals surface area contributed by atoms with Gasteiger partial charge in [0.1, 0.15) is 0 Å². The van der Waals surface area contributed by atoms with Gasteiger partial charge in [0.2, 0.25) is 5.91 Å². The molecule has 166 valence electrons. The summed E-state index contributed by atoms with van der Waals surface area (Å²) < 4.78 is 1.66. The number of aromatic nitrogens is 3. The summed E-state index contributed by atoms with van der Waals surface area (Å²) in [6.45, 7) is 1.89. The Labute approximate surface area is 192 Å². The van der Waals surface area contributed by atoms with E-state index >= 15 is 0 Å². The molecule has 0 aliphatic rings. The Hall–Kier alpha value is -3.44. The van der Waals surface area contributed by atoms with Crippen LogP contribution in [-0.2, 0) is 18.4 Å². The lowest BCUT2D eigenvalue weighted by molar-refractivity contribution is -0.384. The Bertz CT molecular complexity index is 1180. The van der Waals surface area contributed by atoms with Crippen LogP contribution in [0.4, 0.5) is 11.4 Å². The molecule has 2 N–H and O–H groups in total. The largest absolute Gasteiger partial charge is 0.345 e. The molecule has 1 heterocycles. The zero-order valence-electron chi connectivity index (χ0n) is 17.2. The molecule has 2 amide bonds. The first-order chi connectivity index (χ1) is 15.3. The SMILES string of the molecule is Cc1c(Cl)cccc1NC(=O)CSc1nnc(CNC(=O)c2cccc([N+](=O)[O-])c2)n1C. The fourth-order valence-electron chi connectivity index (χ4n) is 2.71. The highest BCUT2D eigenvalue weighted by atomic mass is 35.5. The van der Waals surface area contributed by atoms with E-state index in [2.05, 4.69) is 20.8 Å². The monoisotopic (exact) mass is 474 g/mol. The highest BCUT2D eigenvalue weighted by Crippen LogP contribution is 2.23. The van der Waals surface area contributed by atoms with Crippen molar-refractivity contribution in [2.75, 3.05) is 11.1 Å². The standard InChI is InChI=1S/C20H19ClN6O4S/c1-12-15(21)7-4-8-16(12)23-18(28)11-32-20-25-24-17(26(20)2)10-22-19(29)13-5-3-6-14(9-13)27(30)31/h3-9H,10-11H2,1-2H3,(H,22,29)(H,23,28). The zero-order chi connectivity index (χ0) is 23.3. The number of carbonyl (C=O) groups excluding carboxylic acids is 2. The van der Waals surface area contributed by atoms with E-state index in [1.807, 2.05) is 6.92 Å². The number of nitro groups is 1. The van der Waals surface area contributed by atoms with Crippen LogP contribution in [0.5, 0.6) is 0 Å². The van der Waals surface area contributed by atoms with Crippen LogP contribution in [0.15, 0.2) is 47.6 Å². The Morgan fingerprint density at radius 1 is 1.22 bits per heavy atom. The highest BCUT2D eigenvalue weighted by molar-refractivity contribution is 7.99. The number of nitrogens with one attached hydrogen (secondary N) is 2. The zero-order valence-corrected chi connectivity index (χ0v) is 18.7. The first kappa shape index (κ1) is 23.2. The number of nitrogens with zero attached hydrogens (tertiary/aromatic N) is 4. The Morgan fingerprint density at radius 3 is 2.72 bits per heavy atom. The van der Waals surface area contributed by atoms with Gasteiger partial charge in [0.25, 0.3) is 11.6 Å². The predicted octanol–water partition coefficient (Wildman–Crippen LogP) is 3.35. The average Bonchev–Trinajstić information content (AvgIpc) is 3.13. The van der Waals surface area contributed by atoms with E-state index in [4.69, 9.17) is 11.6 Å².